The summed E-state index contributed by atoms with van der Waals surface area (Å²) in [4.78, 5) is 27.3. The standard InChI is InChI=1S/C19H20ClN7O/c20-18-17-13(7-8-21-18)3-6-16(26-17)25-14-4-1-12(2-5-14)9-22-19-23-10-15(27-28)11-24-19/h3,6-8,10-12,14H,1-2,4-5,9H2,(H,25,26)(H,22,23,24). The summed E-state index contributed by atoms with van der Waals surface area (Å²) in [5.41, 5.74) is 0.958. The summed E-state index contributed by atoms with van der Waals surface area (Å²) in [6, 6.07) is 6.30. The quantitative estimate of drug-likeness (QED) is 0.464. The van der Waals surface area contributed by atoms with Crippen LogP contribution in [0.2, 0.25) is 5.15 Å². The Labute approximate surface area is 167 Å². The summed E-state index contributed by atoms with van der Waals surface area (Å²) in [7, 11) is 0. The van der Waals surface area contributed by atoms with Crippen LogP contribution in [0, 0.1) is 10.8 Å². The van der Waals surface area contributed by atoms with E-state index in [0.29, 0.717) is 23.1 Å². The third kappa shape index (κ3) is 4.33. The van der Waals surface area contributed by atoms with Gasteiger partial charge in [-0.2, -0.15) is 0 Å². The Balaban J connectivity index is 1.28. The molecule has 1 aliphatic rings. The van der Waals surface area contributed by atoms with Crippen molar-refractivity contribution in [1.82, 2.24) is 19.9 Å². The van der Waals surface area contributed by atoms with Gasteiger partial charge in [-0.3, -0.25) is 0 Å². The number of nitroso groups, excluding NO2 is 1. The highest BCUT2D eigenvalue weighted by molar-refractivity contribution is 6.33. The molecule has 28 heavy (non-hydrogen) atoms. The van der Waals surface area contributed by atoms with Gasteiger partial charge in [0.25, 0.3) is 0 Å². The lowest BCUT2D eigenvalue weighted by atomic mass is 9.86. The highest BCUT2D eigenvalue weighted by atomic mass is 35.5. The monoisotopic (exact) mass is 397 g/mol. The molecule has 3 aromatic heterocycles. The average Bonchev–Trinajstić information content (AvgIpc) is 2.74. The topological polar surface area (TPSA) is 105 Å². The third-order valence-corrected chi connectivity index (χ3v) is 5.33. The normalized spacial score (nSPS) is 19.3. The summed E-state index contributed by atoms with van der Waals surface area (Å²) in [5, 5.41) is 11.0. The Morgan fingerprint density at radius 3 is 2.61 bits per heavy atom. The van der Waals surface area contributed by atoms with Crippen LogP contribution in [-0.4, -0.2) is 32.5 Å². The van der Waals surface area contributed by atoms with Gasteiger partial charge in [0, 0.05) is 24.2 Å². The van der Waals surface area contributed by atoms with Crippen LogP contribution < -0.4 is 10.6 Å². The van der Waals surface area contributed by atoms with Crippen LogP contribution in [0.25, 0.3) is 10.9 Å². The minimum Gasteiger partial charge on any atom is -0.367 e. The Hall–Kier alpha value is -2.87. The maximum absolute atomic E-state index is 10.4. The lowest BCUT2D eigenvalue weighted by Gasteiger charge is -2.29. The molecule has 1 saturated carbocycles. The maximum atomic E-state index is 10.4. The van der Waals surface area contributed by atoms with Crippen molar-refractivity contribution in [2.24, 2.45) is 11.1 Å². The fraction of sp³-hybridized carbons (Fsp3) is 0.368. The number of aromatic nitrogens is 4. The first-order valence-corrected chi connectivity index (χ1v) is 9.66. The van der Waals surface area contributed by atoms with Crippen molar-refractivity contribution >= 4 is 40.0 Å². The second-order valence-corrected chi connectivity index (χ2v) is 7.33. The predicted molar refractivity (Wildman–Crippen MR) is 110 cm³/mol. The minimum atomic E-state index is 0.233. The number of halogens is 1. The van der Waals surface area contributed by atoms with Crippen molar-refractivity contribution in [3.63, 3.8) is 0 Å². The molecule has 0 bridgehead atoms. The smallest absolute Gasteiger partial charge is 0.222 e. The van der Waals surface area contributed by atoms with Crippen LogP contribution in [0.4, 0.5) is 17.5 Å². The van der Waals surface area contributed by atoms with Crippen LogP contribution in [0.3, 0.4) is 0 Å². The van der Waals surface area contributed by atoms with E-state index in [2.05, 4.69) is 35.7 Å². The molecule has 0 aromatic carbocycles. The van der Waals surface area contributed by atoms with Crippen molar-refractivity contribution in [2.75, 3.05) is 17.2 Å². The number of pyridine rings is 2. The van der Waals surface area contributed by atoms with Crippen molar-refractivity contribution < 1.29 is 0 Å². The van der Waals surface area contributed by atoms with Crippen molar-refractivity contribution in [2.45, 2.75) is 31.7 Å². The van der Waals surface area contributed by atoms with Crippen LogP contribution in [0.15, 0.2) is 42.0 Å². The van der Waals surface area contributed by atoms with Crippen molar-refractivity contribution in [3.8, 4) is 0 Å². The fourth-order valence-corrected chi connectivity index (χ4v) is 3.72. The Bertz CT molecular complexity index is 958. The molecule has 2 N–H and O–H groups in total. The number of rotatable bonds is 6. The molecule has 1 fully saturated rings. The Morgan fingerprint density at radius 2 is 1.86 bits per heavy atom. The fourth-order valence-electron chi connectivity index (χ4n) is 3.51. The van der Waals surface area contributed by atoms with Gasteiger partial charge in [0.15, 0.2) is 5.15 Å². The first-order chi connectivity index (χ1) is 13.7. The molecule has 4 rings (SSSR count). The molecule has 0 saturated heterocycles. The average molecular weight is 398 g/mol. The zero-order chi connectivity index (χ0) is 19.3. The zero-order valence-electron chi connectivity index (χ0n) is 15.2. The number of hydrogen-bond donors (Lipinski definition) is 2. The van der Waals surface area contributed by atoms with Gasteiger partial charge in [-0.25, -0.2) is 19.9 Å². The Morgan fingerprint density at radius 1 is 1.07 bits per heavy atom. The Kier molecular flexibility index (Phi) is 5.57. The van der Waals surface area contributed by atoms with E-state index in [1.807, 2.05) is 18.2 Å². The molecule has 144 valence electrons. The maximum Gasteiger partial charge on any atom is 0.222 e. The van der Waals surface area contributed by atoms with E-state index in [0.717, 1.165) is 48.9 Å². The van der Waals surface area contributed by atoms with E-state index in [4.69, 9.17) is 11.6 Å². The first kappa shape index (κ1) is 18.5. The van der Waals surface area contributed by atoms with E-state index in [9.17, 15) is 4.91 Å². The van der Waals surface area contributed by atoms with Crippen molar-refractivity contribution in [3.05, 3.63) is 46.8 Å². The summed E-state index contributed by atoms with van der Waals surface area (Å²) in [6.45, 7) is 0.816. The minimum absolute atomic E-state index is 0.233. The molecule has 9 heteroatoms. The van der Waals surface area contributed by atoms with Crippen LogP contribution in [0.1, 0.15) is 25.7 Å². The highest BCUT2D eigenvalue weighted by Crippen LogP contribution is 2.27. The molecular weight excluding hydrogens is 378 g/mol. The summed E-state index contributed by atoms with van der Waals surface area (Å²) < 4.78 is 0. The van der Waals surface area contributed by atoms with Gasteiger partial charge in [-0.1, -0.05) is 11.6 Å². The second-order valence-electron chi connectivity index (χ2n) is 6.97. The van der Waals surface area contributed by atoms with Gasteiger partial charge in [0.05, 0.1) is 12.4 Å². The van der Waals surface area contributed by atoms with Gasteiger partial charge in [0.2, 0.25) is 5.95 Å². The van der Waals surface area contributed by atoms with E-state index in [1.165, 1.54) is 12.4 Å². The van der Waals surface area contributed by atoms with Gasteiger partial charge in [-0.05, 0) is 55.0 Å². The molecule has 3 aromatic rings. The molecule has 1 aliphatic carbocycles. The third-order valence-electron chi connectivity index (χ3n) is 5.06. The van der Waals surface area contributed by atoms with Gasteiger partial charge in [0.1, 0.15) is 17.0 Å². The molecule has 0 amide bonds. The molecule has 0 aliphatic heterocycles. The number of nitrogens with one attached hydrogen (secondary N) is 2. The summed E-state index contributed by atoms with van der Waals surface area (Å²) in [5.74, 6) is 1.92. The molecular formula is C19H20ClN7O. The number of anilines is 2. The molecule has 8 nitrogen and oxygen atoms in total. The van der Waals surface area contributed by atoms with Gasteiger partial charge in [-0.15, -0.1) is 4.91 Å². The van der Waals surface area contributed by atoms with Gasteiger partial charge < -0.3 is 10.6 Å². The van der Waals surface area contributed by atoms with E-state index >= 15 is 0 Å². The number of nitrogens with zero attached hydrogens (tertiary/aromatic N) is 5. The molecule has 0 unspecified atom stereocenters. The first-order valence-electron chi connectivity index (χ1n) is 9.28. The SMILES string of the molecule is O=Nc1cnc(NCC2CCC(Nc3ccc4ccnc(Cl)c4n3)CC2)nc1. The number of hydrogen-bond acceptors (Lipinski definition) is 8. The molecule has 0 radical (unpaired) electrons. The number of fused-ring (bicyclic) bond motifs is 1. The van der Waals surface area contributed by atoms with Crippen LogP contribution in [-0.2, 0) is 0 Å². The molecule has 3 heterocycles. The van der Waals surface area contributed by atoms with Crippen molar-refractivity contribution in [1.29, 1.82) is 0 Å². The highest BCUT2D eigenvalue weighted by Gasteiger charge is 2.21. The second kappa shape index (κ2) is 8.43. The largest absolute Gasteiger partial charge is 0.367 e. The summed E-state index contributed by atoms with van der Waals surface area (Å²) in [6.07, 6.45) is 8.88. The molecule has 0 spiro atoms. The zero-order valence-corrected chi connectivity index (χ0v) is 15.9. The predicted octanol–water partition coefficient (Wildman–Crippen LogP) is 4.55. The summed E-state index contributed by atoms with van der Waals surface area (Å²) >= 11 is 6.15. The van der Waals surface area contributed by atoms with Crippen LogP contribution in [0.5, 0.6) is 0 Å². The molecule has 0 atom stereocenters. The van der Waals surface area contributed by atoms with Crippen LogP contribution >= 0.6 is 11.6 Å². The lowest BCUT2D eigenvalue weighted by Crippen LogP contribution is -2.29. The lowest BCUT2D eigenvalue weighted by molar-refractivity contribution is 0.350. The van der Waals surface area contributed by atoms with E-state index in [-0.39, 0.29) is 5.69 Å². The van der Waals surface area contributed by atoms with E-state index in [1.54, 1.807) is 6.20 Å². The van der Waals surface area contributed by atoms with E-state index < -0.39 is 0 Å². The van der Waals surface area contributed by atoms with Gasteiger partial charge >= 0.3 is 0 Å².